The Morgan fingerprint density at radius 3 is 2.95 bits per heavy atom. The second-order valence-corrected chi connectivity index (χ2v) is 6.66. The zero-order chi connectivity index (χ0) is 15.9. The summed E-state index contributed by atoms with van der Waals surface area (Å²) in [6.07, 6.45) is 3.43. The predicted molar refractivity (Wildman–Crippen MR) is 86.0 cm³/mol. The molecule has 1 aliphatic rings. The van der Waals surface area contributed by atoms with Gasteiger partial charge in [-0.3, -0.25) is 20.1 Å². The summed E-state index contributed by atoms with van der Waals surface area (Å²) >= 11 is 7.39. The molecule has 8 heteroatoms. The van der Waals surface area contributed by atoms with E-state index in [4.69, 9.17) is 17.0 Å². The molecule has 1 atom stereocenters. The molecule has 6 nitrogen and oxygen atoms in total. The number of amides is 1. The lowest BCUT2D eigenvalue weighted by molar-refractivity contribution is -0.129. The van der Waals surface area contributed by atoms with Crippen molar-refractivity contribution in [3.8, 4) is 11.3 Å². The topological polar surface area (TPSA) is 82.0 Å². The minimum absolute atomic E-state index is 0.0799. The third-order valence-electron chi connectivity index (χ3n) is 3.65. The number of carbonyl (C=O) groups is 1. The highest BCUT2D eigenvalue weighted by molar-refractivity contribution is 7.10. The van der Waals surface area contributed by atoms with Crippen molar-refractivity contribution in [2.24, 2.45) is 0 Å². The highest BCUT2D eigenvalue weighted by Gasteiger charge is 2.38. The fourth-order valence-electron chi connectivity index (χ4n) is 2.32. The van der Waals surface area contributed by atoms with Crippen LogP contribution in [-0.2, 0) is 10.3 Å². The zero-order valence-corrected chi connectivity index (χ0v) is 13.6. The average molecular weight is 336 g/mol. The van der Waals surface area contributed by atoms with Crippen LogP contribution in [0.3, 0.4) is 0 Å². The fraction of sp³-hybridized carbons (Fsp3) is 0.286. The molecule has 2 aromatic heterocycles. The van der Waals surface area contributed by atoms with Crippen molar-refractivity contribution in [1.82, 2.24) is 20.2 Å². The summed E-state index contributed by atoms with van der Waals surface area (Å²) in [5, 5.41) is 13.3. The SMILES string of the molecule is CN1C(=N)N[C@](C)(c2cc(-c3cncc(Cl)n3)cs2)CC1=O. The maximum Gasteiger partial charge on any atom is 0.231 e. The molecule has 0 spiro atoms. The maximum atomic E-state index is 12.0. The van der Waals surface area contributed by atoms with E-state index in [1.807, 2.05) is 18.4 Å². The Labute approximate surface area is 136 Å². The zero-order valence-electron chi connectivity index (χ0n) is 12.1. The van der Waals surface area contributed by atoms with Gasteiger partial charge in [0.05, 0.1) is 30.0 Å². The predicted octanol–water partition coefficient (Wildman–Crippen LogP) is 2.46. The number of nitrogens with zero attached hydrogens (tertiary/aromatic N) is 3. The van der Waals surface area contributed by atoms with Crippen LogP contribution in [0, 0.1) is 5.41 Å². The molecular formula is C14H14ClN5OS. The lowest BCUT2D eigenvalue weighted by atomic mass is 9.92. The molecule has 1 fully saturated rings. The summed E-state index contributed by atoms with van der Waals surface area (Å²) in [4.78, 5) is 22.6. The molecule has 3 heterocycles. The Hall–Kier alpha value is -1.99. The normalized spacial score (nSPS) is 21.9. The Kier molecular flexibility index (Phi) is 3.62. The molecule has 2 aromatic rings. The van der Waals surface area contributed by atoms with Gasteiger partial charge in [0, 0.05) is 22.9 Å². The van der Waals surface area contributed by atoms with Crippen molar-refractivity contribution in [3.05, 3.63) is 33.9 Å². The quantitative estimate of drug-likeness (QED) is 0.883. The first kappa shape index (κ1) is 14.9. The van der Waals surface area contributed by atoms with E-state index >= 15 is 0 Å². The molecule has 0 bridgehead atoms. The van der Waals surface area contributed by atoms with E-state index in [9.17, 15) is 4.79 Å². The number of rotatable bonds is 2. The van der Waals surface area contributed by atoms with Crippen LogP contribution in [0.4, 0.5) is 0 Å². The van der Waals surface area contributed by atoms with Crippen LogP contribution >= 0.6 is 22.9 Å². The van der Waals surface area contributed by atoms with Crippen molar-refractivity contribution < 1.29 is 4.79 Å². The van der Waals surface area contributed by atoms with Crippen molar-refractivity contribution in [1.29, 1.82) is 5.41 Å². The number of aromatic nitrogens is 2. The van der Waals surface area contributed by atoms with Gasteiger partial charge in [-0.2, -0.15) is 0 Å². The molecular weight excluding hydrogens is 322 g/mol. The maximum absolute atomic E-state index is 12.0. The van der Waals surface area contributed by atoms with Gasteiger partial charge in [-0.15, -0.1) is 11.3 Å². The lowest BCUT2D eigenvalue weighted by Gasteiger charge is -2.38. The third-order valence-corrected chi connectivity index (χ3v) is 5.03. The second-order valence-electron chi connectivity index (χ2n) is 5.36. The van der Waals surface area contributed by atoms with Crippen LogP contribution in [0.2, 0.25) is 5.15 Å². The van der Waals surface area contributed by atoms with Crippen LogP contribution in [0.25, 0.3) is 11.3 Å². The molecule has 0 aliphatic carbocycles. The van der Waals surface area contributed by atoms with Crippen LogP contribution in [0.15, 0.2) is 23.8 Å². The molecule has 0 unspecified atom stereocenters. The van der Waals surface area contributed by atoms with Gasteiger partial charge >= 0.3 is 0 Å². The van der Waals surface area contributed by atoms with Crippen LogP contribution in [-0.4, -0.2) is 33.8 Å². The van der Waals surface area contributed by atoms with Gasteiger partial charge in [0.15, 0.2) is 5.96 Å². The van der Waals surface area contributed by atoms with Crippen LogP contribution in [0.1, 0.15) is 18.2 Å². The first-order valence-electron chi connectivity index (χ1n) is 6.59. The fourth-order valence-corrected chi connectivity index (χ4v) is 3.49. The van der Waals surface area contributed by atoms with Crippen molar-refractivity contribution >= 4 is 34.8 Å². The first-order chi connectivity index (χ1) is 10.4. The molecule has 22 heavy (non-hydrogen) atoms. The van der Waals surface area contributed by atoms with E-state index in [0.717, 1.165) is 10.4 Å². The molecule has 1 saturated heterocycles. The Morgan fingerprint density at radius 2 is 2.27 bits per heavy atom. The first-order valence-corrected chi connectivity index (χ1v) is 7.85. The van der Waals surface area contributed by atoms with E-state index < -0.39 is 5.54 Å². The largest absolute Gasteiger partial charge is 0.345 e. The highest BCUT2D eigenvalue weighted by atomic mass is 35.5. The van der Waals surface area contributed by atoms with Crippen LogP contribution < -0.4 is 5.32 Å². The highest BCUT2D eigenvalue weighted by Crippen LogP contribution is 2.35. The number of guanidine groups is 1. The van der Waals surface area contributed by atoms with Crippen molar-refractivity contribution in [2.45, 2.75) is 18.9 Å². The summed E-state index contributed by atoms with van der Waals surface area (Å²) in [6, 6.07) is 1.96. The van der Waals surface area contributed by atoms with Gasteiger partial charge in [-0.05, 0) is 13.0 Å². The van der Waals surface area contributed by atoms with Crippen molar-refractivity contribution in [2.75, 3.05) is 7.05 Å². The summed E-state index contributed by atoms with van der Waals surface area (Å²) in [5.74, 6) is 0.0278. The molecule has 0 saturated carbocycles. The summed E-state index contributed by atoms with van der Waals surface area (Å²) < 4.78 is 0. The monoisotopic (exact) mass is 335 g/mol. The molecule has 1 amide bonds. The van der Waals surface area contributed by atoms with Crippen LogP contribution in [0.5, 0.6) is 0 Å². The number of nitrogens with one attached hydrogen (secondary N) is 2. The van der Waals surface area contributed by atoms with E-state index in [1.54, 1.807) is 13.2 Å². The lowest BCUT2D eigenvalue weighted by Crippen LogP contribution is -2.57. The van der Waals surface area contributed by atoms with Gasteiger partial charge in [-0.25, -0.2) is 4.98 Å². The third kappa shape index (κ3) is 2.57. The molecule has 0 aromatic carbocycles. The number of hydrogen-bond donors (Lipinski definition) is 2. The van der Waals surface area contributed by atoms with E-state index in [-0.39, 0.29) is 11.9 Å². The van der Waals surface area contributed by atoms with E-state index in [2.05, 4.69) is 15.3 Å². The van der Waals surface area contributed by atoms with Crippen molar-refractivity contribution in [3.63, 3.8) is 0 Å². The van der Waals surface area contributed by atoms with Gasteiger partial charge in [0.25, 0.3) is 0 Å². The molecule has 2 N–H and O–H groups in total. The Morgan fingerprint density at radius 1 is 1.50 bits per heavy atom. The molecule has 3 rings (SSSR count). The smallest absolute Gasteiger partial charge is 0.231 e. The number of halogens is 1. The summed E-state index contributed by atoms with van der Waals surface area (Å²) in [5.41, 5.74) is 0.999. The average Bonchev–Trinajstić information content (AvgIpc) is 2.95. The minimum Gasteiger partial charge on any atom is -0.345 e. The van der Waals surface area contributed by atoms with E-state index in [1.165, 1.54) is 22.4 Å². The molecule has 0 radical (unpaired) electrons. The summed E-state index contributed by atoms with van der Waals surface area (Å²) in [7, 11) is 1.60. The van der Waals surface area contributed by atoms with E-state index in [0.29, 0.717) is 17.3 Å². The van der Waals surface area contributed by atoms with Gasteiger partial charge in [0.1, 0.15) is 5.15 Å². The Balaban J connectivity index is 1.93. The Bertz CT molecular complexity index is 741. The number of hydrogen-bond acceptors (Lipinski definition) is 5. The molecule has 114 valence electrons. The second kappa shape index (κ2) is 5.33. The van der Waals surface area contributed by atoms with Gasteiger partial charge in [-0.1, -0.05) is 11.6 Å². The number of thiophene rings is 1. The van der Waals surface area contributed by atoms with Gasteiger partial charge < -0.3 is 5.32 Å². The minimum atomic E-state index is -0.588. The molecule has 1 aliphatic heterocycles. The standard InChI is InChI=1S/C14H14ClN5OS/c1-14(4-12(21)20(2)13(16)19-14)10-3-8(7-22-10)9-5-17-6-11(15)18-9/h3,5-7H,4H2,1-2H3,(H2,16,19)/t14-/m0/s1. The number of carbonyl (C=O) groups excluding carboxylic acids is 1. The van der Waals surface area contributed by atoms with Gasteiger partial charge in [0.2, 0.25) is 5.91 Å². The summed E-state index contributed by atoms with van der Waals surface area (Å²) in [6.45, 7) is 1.92.